The van der Waals surface area contributed by atoms with E-state index in [2.05, 4.69) is 72.5 Å². The lowest BCUT2D eigenvalue weighted by Gasteiger charge is -2.23. The van der Waals surface area contributed by atoms with Gasteiger partial charge in [0, 0.05) is 11.8 Å². The lowest BCUT2D eigenvalue weighted by atomic mass is 9.61. The van der Waals surface area contributed by atoms with Crippen LogP contribution in [0.1, 0.15) is 18.2 Å². The van der Waals surface area contributed by atoms with Crippen molar-refractivity contribution in [1.82, 2.24) is 4.98 Å². The maximum atomic E-state index is 6.02. The van der Waals surface area contributed by atoms with Crippen molar-refractivity contribution < 1.29 is 8.98 Å². The van der Waals surface area contributed by atoms with Gasteiger partial charge >= 0.3 is 6.85 Å². The van der Waals surface area contributed by atoms with Gasteiger partial charge in [0.2, 0.25) is 5.71 Å². The number of hydrogen-bond donors (Lipinski definition) is 0. The number of rotatable bonds is 1. The lowest BCUT2D eigenvalue weighted by molar-refractivity contribution is -0.658. The third-order valence-corrected chi connectivity index (χ3v) is 4.75. The van der Waals surface area contributed by atoms with Crippen LogP contribution in [-0.2, 0) is 7.05 Å². The van der Waals surface area contributed by atoms with E-state index < -0.39 is 0 Å². The molecule has 1 aliphatic heterocycles. The molecule has 24 heavy (non-hydrogen) atoms. The van der Waals surface area contributed by atoms with Crippen LogP contribution in [0.15, 0.2) is 34.9 Å². The molecule has 1 aliphatic rings. The predicted octanol–water partition coefficient (Wildman–Crippen LogP) is 1.86. The van der Waals surface area contributed by atoms with Gasteiger partial charge in [0.05, 0.1) is 29.5 Å². The van der Waals surface area contributed by atoms with Gasteiger partial charge in [-0.3, -0.25) is 4.81 Å². The highest BCUT2D eigenvalue weighted by Gasteiger charge is 2.33. The Labute approximate surface area is 141 Å². The second-order valence-electron chi connectivity index (χ2n) is 6.68. The molecule has 0 radical (unpaired) electrons. The molecule has 0 saturated carbocycles. The highest BCUT2D eigenvalue weighted by atomic mass is 16.3. The van der Waals surface area contributed by atoms with Crippen LogP contribution in [0.4, 0.5) is 5.82 Å². The number of fused-ring (bicyclic) bond motifs is 3. The highest BCUT2D eigenvalue weighted by Crippen LogP contribution is 2.20. The Balaban J connectivity index is 2.03. The second kappa shape index (κ2) is 5.23. The van der Waals surface area contributed by atoms with Crippen LogP contribution in [-0.4, -0.2) is 11.8 Å². The van der Waals surface area contributed by atoms with Crippen molar-refractivity contribution in [2.75, 3.05) is 4.81 Å². The number of anilines is 1. The summed E-state index contributed by atoms with van der Waals surface area (Å²) >= 11 is 0. The minimum Gasteiger partial charge on any atom is -0.439 e. The molecule has 4 heterocycles. The Bertz CT molecular complexity index is 1080. The van der Waals surface area contributed by atoms with E-state index in [1.165, 1.54) is 17.1 Å². The topological polar surface area (TPSA) is 33.2 Å². The zero-order valence-electron chi connectivity index (χ0n) is 14.8. The zero-order valence-corrected chi connectivity index (χ0v) is 14.8. The smallest absolute Gasteiger partial charge is 0.405 e. The largest absolute Gasteiger partial charge is 0.439 e. The number of pyridine rings is 2. The van der Waals surface area contributed by atoms with Gasteiger partial charge in [-0.05, 0) is 57.3 Å². The number of furan rings is 1. The molecule has 4 nitrogen and oxygen atoms in total. The standard InChI is InChI=1S/C19H21BN3O/c1-12-6-9-17(22(5)11-12)23-14(3)18-15-8-7-13(2)21-19(15)24-16(18)10-20(23)4/h6-11H,1-5H3/q+1. The molecule has 0 fully saturated rings. The Kier molecular flexibility index (Phi) is 3.27. The van der Waals surface area contributed by atoms with Gasteiger partial charge < -0.3 is 4.42 Å². The van der Waals surface area contributed by atoms with Crippen LogP contribution in [0, 0.1) is 13.8 Å². The fraction of sp³-hybridized carbons (Fsp3) is 0.263. The molecule has 0 bridgehead atoms. The van der Waals surface area contributed by atoms with E-state index in [9.17, 15) is 0 Å². The molecule has 4 rings (SSSR count). The minimum atomic E-state index is 0.216. The van der Waals surface area contributed by atoms with Crippen molar-refractivity contribution in [1.29, 1.82) is 0 Å². The summed E-state index contributed by atoms with van der Waals surface area (Å²) in [7, 11) is 2.09. The number of aromatic nitrogens is 2. The molecule has 0 atom stereocenters. The van der Waals surface area contributed by atoms with Crippen LogP contribution in [0.5, 0.6) is 0 Å². The monoisotopic (exact) mass is 318 g/mol. The van der Waals surface area contributed by atoms with E-state index in [1.807, 2.05) is 13.0 Å². The molecule has 3 aromatic rings. The highest BCUT2D eigenvalue weighted by molar-refractivity contribution is 6.77. The van der Waals surface area contributed by atoms with Gasteiger partial charge in [0.15, 0.2) is 0 Å². The average molecular weight is 318 g/mol. The molecule has 0 amide bonds. The summed E-state index contributed by atoms with van der Waals surface area (Å²) in [6.07, 6.45) is 2.16. The van der Waals surface area contributed by atoms with E-state index >= 15 is 0 Å². The van der Waals surface area contributed by atoms with Gasteiger partial charge in [-0.25, -0.2) is 9.55 Å². The van der Waals surface area contributed by atoms with Gasteiger partial charge in [-0.1, -0.05) is 0 Å². The van der Waals surface area contributed by atoms with E-state index in [0.29, 0.717) is 0 Å². The molecule has 0 aliphatic carbocycles. The SMILES string of the molecule is CB1C=c2oc3nc(C)ccc3c2=C(C)N1c1ccc(C)c[n+]1C. The maximum Gasteiger partial charge on any atom is 0.405 e. The van der Waals surface area contributed by atoms with Crippen LogP contribution in [0.2, 0.25) is 6.82 Å². The molecule has 0 aromatic carbocycles. The Morgan fingerprint density at radius 3 is 2.67 bits per heavy atom. The quantitative estimate of drug-likeness (QED) is 0.507. The van der Waals surface area contributed by atoms with Gasteiger partial charge in [-0.15, -0.1) is 0 Å². The molecule has 0 spiro atoms. The Morgan fingerprint density at radius 1 is 1.12 bits per heavy atom. The number of nitrogens with zero attached hydrogens (tertiary/aromatic N) is 3. The van der Waals surface area contributed by atoms with Gasteiger partial charge in [0.1, 0.15) is 5.42 Å². The summed E-state index contributed by atoms with van der Waals surface area (Å²) in [5, 5.41) is 2.23. The molecule has 0 unspecified atom stereocenters. The predicted molar refractivity (Wildman–Crippen MR) is 98.0 cm³/mol. The van der Waals surface area contributed by atoms with Crippen molar-refractivity contribution in [2.24, 2.45) is 7.05 Å². The summed E-state index contributed by atoms with van der Waals surface area (Å²) in [4.78, 5) is 6.90. The van der Waals surface area contributed by atoms with E-state index in [-0.39, 0.29) is 6.85 Å². The average Bonchev–Trinajstić information content (AvgIpc) is 2.86. The zero-order chi connectivity index (χ0) is 17.0. The third kappa shape index (κ3) is 2.15. The molecular weight excluding hydrogens is 297 g/mol. The molecule has 120 valence electrons. The fourth-order valence-electron chi connectivity index (χ4n) is 3.67. The summed E-state index contributed by atoms with van der Waals surface area (Å²) in [5.41, 5.74) is 5.07. The van der Waals surface area contributed by atoms with Crippen molar-refractivity contribution in [3.8, 4) is 0 Å². The van der Waals surface area contributed by atoms with Crippen LogP contribution < -0.4 is 20.0 Å². The molecule has 5 heteroatoms. The van der Waals surface area contributed by atoms with Crippen LogP contribution in [0.3, 0.4) is 0 Å². The summed E-state index contributed by atoms with van der Waals surface area (Å²) < 4.78 is 8.20. The van der Waals surface area contributed by atoms with Crippen molar-refractivity contribution in [3.05, 3.63) is 52.4 Å². The normalized spacial score (nSPS) is 14.1. The van der Waals surface area contributed by atoms with Gasteiger partial charge in [-0.2, -0.15) is 0 Å². The first-order valence-corrected chi connectivity index (χ1v) is 8.30. The molecular formula is C19H21BN3O+. The van der Waals surface area contributed by atoms with Gasteiger partial charge in [0.25, 0.3) is 5.82 Å². The van der Waals surface area contributed by atoms with E-state index in [0.717, 1.165) is 27.4 Å². The lowest BCUT2D eigenvalue weighted by Crippen LogP contribution is -2.50. The first-order chi connectivity index (χ1) is 11.5. The van der Waals surface area contributed by atoms with Crippen LogP contribution >= 0.6 is 0 Å². The number of hydrogen-bond acceptors (Lipinski definition) is 3. The Hall–Kier alpha value is -2.56. The van der Waals surface area contributed by atoms with Crippen LogP contribution in [0.25, 0.3) is 22.8 Å². The summed E-state index contributed by atoms with van der Waals surface area (Å²) in [5.74, 6) is 3.35. The Morgan fingerprint density at radius 2 is 1.92 bits per heavy atom. The van der Waals surface area contributed by atoms with Crippen molar-refractivity contribution in [3.63, 3.8) is 0 Å². The summed E-state index contributed by atoms with van der Waals surface area (Å²) in [6, 6.07) is 8.49. The summed E-state index contributed by atoms with van der Waals surface area (Å²) in [6.45, 7) is 8.67. The maximum absolute atomic E-state index is 6.02. The first-order valence-electron chi connectivity index (χ1n) is 8.30. The van der Waals surface area contributed by atoms with E-state index in [1.54, 1.807) is 0 Å². The van der Waals surface area contributed by atoms with E-state index in [4.69, 9.17) is 4.42 Å². The molecule has 3 aromatic heterocycles. The molecule has 0 saturated heterocycles. The third-order valence-electron chi connectivity index (χ3n) is 4.75. The minimum absolute atomic E-state index is 0.216. The molecule has 0 N–H and O–H groups in total. The van der Waals surface area contributed by atoms with Crippen molar-refractivity contribution in [2.45, 2.75) is 27.6 Å². The fourth-order valence-corrected chi connectivity index (χ4v) is 3.67. The second-order valence-corrected chi connectivity index (χ2v) is 6.68. The first kappa shape index (κ1) is 15.0. The van der Waals surface area contributed by atoms with Crippen molar-refractivity contribution >= 4 is 35.4 Å². The number of aryl methyl sites for hydroxylation is 3.